The molecule has 2 aromatic rings. The first-order valence-electron chi connectivity index (χ1n) is 5.20. The van der Waals surface area contributed by atoms with Crippen LogP contribution in [0.4, 0.5) is 0 Å². The van der Waals surface area contributed by atoms with Crippen molar-refractivity contribution in [2.24, 2.45) is 7.05 Å². The van der Waals surface area contributed by atoms with E-state index in [4.69, 9.17) is 9.84 Å². The molecular weight excluding hydrogens is 222 g/mol. The topological polar surface area (TPSA) is 77.2 Å². The molecule has 0 unspecified atom stereocenters. The molecule has 1 aromatic heterocycles. The molecule has 17 heavy (non-hydrogen) atoms. The summed E-state index contributed by atoms with van der Waals surface area (Å²) in [5, 5.41) is 16.6. The zero-order valence-corrected chi connectivity index (χ0v) is 9.67. The van der Waals surface area contributed by atoms with Crippen molar-refractivity contribution in [2.45, 2.75) is 12.8 Å². The highest BCUT2D eigenvalue weighted by Crippen LogP contribution is 2.25. The van der Waals surface area contributed by atoms with Gasteiger partial charge in [-0.2, -0.15) is 0 Å². The minimum absolute atomic E-state index is 0.0922. The predicted octanol–water partition coefficient (Wildman–Crippen LogP) is 0.994. The Morgan fingerprint density at radius 1 is 1.53 bits per heavy atom. The number of carboxylic acids is 1. The molecule has 6 nitrogen and oxygen atoms in total. The minimum atomic E-state index is -0.816. The van der Waals surface area contributed by atoms with E-state index in [9.17, 15) is 4.79 Å². The Bertz CT molecular complexity index is 562. The monoisotopic (exact) mass is 235 g/mol. The molecule has 0 aliphatic rings. The van der Waals surface area contributed by atoms with Gasteiger partial charge in [0.2, 0.25) is 0 Å². The van der Waals surface area contributed by atoms with E-state index in [0.29, 0.717) is 17.7 Å². The van der Waals surface area contributed by atoms with Crippen molar-refractivity contribution >= 4 is 17.0 Å². The summed E-state index contributed by atoms with van der Waals surface area (Å²) in [6, 6.07) is 3.67. The van der Waals surface area contributed by atoms with Crippen molar-refractivity contribution < 1.29 is 14.6 Å². The van der Waals surface area contributed by atoms with Gasteiger partial charge in [0.15, 0.2) is 0 Å². The molecular formula is C11H13N3O3. The Morgan fingerprint density at radius 2 is 2.29 bits per heavy atom. The number of nitrogens with zero attached hydrogens (tertiary/aromatic N) is 3. The standard InChI is InChI=1S/C11H13N3O3/c1-14-11-8(12-13-14)5-7(3-4-10(15)16)6-9(11)17-2/h5-6H,3-4H2,1-2H3,(H,15,16). The maximum Gasteiger partial charge on any atom is 0.303 e. The maximum atomic E-state index is 10.5. The van der Waals surface area contributed by atoms with Crippen LogP contribution in [-0.2, 0) is 18.3 Å². The minimum Gasteiger partial charge on any atom is -0.494 e. The molecule has 6 heteroatoms. The third-order valence-electron chi connectivity index (χ3n) is 2.57. The van der Waals surface area contributed by atoms with Crippen LogP contribution < -0.4 is 4.74 Å². The van der Waals surface area contributed by atoms with E-state index in [1.807, 2.05) is 12.1 Å². The summed E-state index contributed by atoms with van der Waals surface area (Å²) in [7, 11) is 3.36. The molecule has 2 rings (SSSR count). The van der Waals surface area contributed by atoms with Gasteiger partial charge >= 0.3 is 5.97 Å². The highest BCUT2D eigenvalue weighted by Gasteiger charge is 2.11. The van der Waals surface area contributed by atoms with E-state index in [0.717, 1.165) is 11.1 Å². The molecule has 0 saturated carbocycles. The van der Waals surface area contributed by atoms with Crippen LogP contribution >= 0.6 is 0 Å². The summed E-state index contributed by atoms with van der Waals surface area (Å²) >= 11 is 0. The van der Waals surface area contributed by atoms with Gasteiger partial charge < -0.3 is 9.84 Å². The number of hydrogen-bond donors (Lipinski definition) is 1. The lowest BCUT2D eigenvalue weighted by Crippen LogP contribution is -1.99. The maximum absolute atomic E-state index is 10.5. The lowest BCUT2D eigenvalue weighted by Gasteiger charge is -2.05. The number of aromatic nitrogens is 3. The summed E-state index contributed by atoms with van der Waals surface area (Å²) in [6.45, 7) is 0. The van der Waals surface area contributed by atoms with E-state index < -0.39 is 5.97 Å². The molecule has 0 aliphatic carbocycles. The Morgan fingerprint density at radius 3 is 2.94 bits per heavy atom. The van der Waals surface area contributed by atoms with E-state index >= 15 is 0 Å². The number of aliphatic carboxylic acids is 1. The Labute approximate surface area is 97.8 Å². The summed E-state index contributed by atoms with van der Waals surface area (Å²) in [6.07, 6.45) is 0.549. The smallest absolute Gasteiger partial charge is 0.303 e. The molecule has 0 bridgehead atoms. The third-order valence-corrected chi connectivity index (χ3v) is 2.57. The average molecular weight is 235 g/mol. The summed E-state index contributed by atoms with van der Waals surface area (Å²) in [4.78, 5) is 10.5. The number of fused-ring (bicyclic) bond motifs is 1. The van der Waals surface area contributed by atoms with Crippen LogP contribution in [-0.4, -0.2) is 33.2 Å². The lowest BCUT2D eigenvalue weighted by molar-refractivity contribution is -0.136. The molecule has 0 aliphatic heterocycles. The van der Waals surface area contributed by atoms with Crippen molar-refractivity contribution in [3.63, 3.8) is 0 Å². The number of hydrogen-bond acceptors (Lipinski definition) is 4. The molecule has 0 saturated heterocycles. The second-order valence-corrected chi connectivity index (χ2v) is 3.77. The van der Waals surface area contributed by atoms with Gasteiger partial charge in [-0.1, -0.05) is 5.21 Å². The quantitative estimate of drug-likeness (QED) is 0.855. The number of aryl methyl sites for hydroxylation is 2. The van der Waals surface area contributed by atoms with Crippen LogP contribution in [0.25, 0.3) is 11.0 Å². The molecule has 1 N–H and O–H groups in total. The van der Waals surface area contributed by atoms with Crippen LogP contribution in [0.2, 0.25) is 0 Å². The van der Waals surface area contributed by atoms with Gasteiger partial charge in [-0.25, -0.2) is 4.68 Å². The van der Waals surface area contributed by atoms with E-state index in [-0.39, 0.29) is 6.42 Å². The normalized spacial score (nSPS) is 10.7. The molecule has 1 heterocycles. The first-order valence-corrected chi connectivity index (χ1v) is 5.20. The lowest BCUT2D eigenvalue weighted by atomic mass is 10.1. The Balaban J connectivity index is 2.42. The third kappa shape index (κ3) is 2.20. The number of carboxylic acid groups (broad SMARTS) is 1. The fourth-order valence-electron chi connectivity index (χ4n) is 1.76. The first-order chi connectivity index (χ1) is 8.11. The van der Waals surface area contributed by atoms with E-state index in [1.165, 1.54) is 0 Å². The Hall–Kier alpha value is -2.11. The average Bonchev–Trinajstić information content (AvgIpc) is 2.67. The number of benzene rings is 1. The van der Waals surface area contributed by atoms with Crippen LogP contribution in [0.15, 0.2) is 12.1 Å². The van der Waals surface area contributed by atoms with Gasteiger partial charge in [0.1, 0.15) is 16.8 Å². The summed E-state index contributed by atoms with van der Waals surface area (Å²) in [5.74, 6) is -0.154. The van der Waals surface area contributed by atoms with Gasteiger partial charge in [-0.15, -0.1) is 5.10 Å². The SMILES string of the molecule is COc1cc(CCC(=O)O)cc2nnn(C)c12. The van der Waals surface area contributed by atoms with Crippen LogP contribution in [0.1, 0.15) is 12.0 Å². The van der Waals surface area contributed by atoms with Crippen LogP contribution in [0.3, 0.4) is 0 Å². The number of rotatable bonds is 4. The second-order valence-electron chi connectivity index (χ2n) is 3.77. The van der Waals surface area contributed by atoms with Gasteiger partial charge in [-0.05, 0) is 24.1 Å². The van der Waals surface area contributed by atoms with Crippen molar-refractivity contribution in [1.29, 1.82) is 0 Å². The van der Waals surface area contributed by atoms with Crippen LogP contribution in [0.5, 0.6) is 5.75 Å². The Kier molecular flexibility index (Phi) is 2.95. The van der Waals surface area contributed by atoms with Gasteiger partial charge in [-0.3, -0.25) is 4.79 Å². The molecule has 1 aromatic carbocycles. The first kappa shape index (κ1) is 11.4. The largest absolute Gasteiger partial charge is 0.494 e. The molecule has 0 atom stereocenters. The van der Waals surface area contributed by atoms with Gasteiger partial charge in [0, 0.05) is 13.5 Å². The number of ether oxygens (including phenoxy) is 1. The van der Waals surface area contributed by atoms with Crippen molar-refractivity contribution in [1.82, 2.24) is 15.0 Å². The fraction of sp³-hybridized carbons (Fsp3) is 0.364. The number of methoxy groups -OCH3 is 1. The van der Waals surface area contributed by atoms with Crippen LogP contribution in [0, 0.1) is 0 Å². The highest BCUT2D eigenvalue weighted by molar-refractivity contribution is 5.82. The predicted molar refractivity (Wildman–Crippen MR) is 61.0 cm³/mol. The van der Waals surface area contributed by atoms with E-state index in [2.05, 4.69) is 10.3 Å². The summed E-state index contributed by atoms with van der Waals surface area (Å²) < 4.78 is 6.90. The fourth-order valence-corrected chi connectivity index (χ4v) is 1.76. The second kappa shape index (κ2) is 4.40. The highest BCUT2D eigenvalue weighted by atomic mass is 16.5. The van der Waals surface area contributed by atoms with Crippen molar-refractivity contribution in [3.05, 3.63) is 17.7 Å². The van der Waals surface area contributed by atoms with E-state index in [1.54, 1.807) is 18.8 Å². The van der Waals surface area contributed by atoms with Gasteiger partial charge in [0.05, 0.1) is 7.11 Å². The molecule has 90 valence electrons. The zero-order valence-electron chi connectivity index (χ0n) is 9.67. The molecule has 0 amide bonds. The molecule has 0 spiro atoms. The zero-order chi connectivity index (χ0) is 12.4. The molecule has 0 fully saturated rings. The van der Waals surface area contributed by atoms with Crippen molar-refractivity contribution in [3.8, 4) is 5.75 Å². The summed E-state index contributed by atoms with van der Waals surface area (Å²) in [5.41, 5.74) is 2.41. The van der Waals surface area contributed by atoms with Crippen molar-refractivity contribution in [2.75, 3.05) is 7.11 Å². The molecule has 0 radical (unpaired) electrons. The van der Waals surface area contributed by atoms with Gasteiger partial charge in [0.25, 0.3) is 0 Å². The number of carbonyl (C=O) groups is 1.